The van der Waals surface area contributed by atoms with E-state index < -0.39 is 0 Å². The van der Waals surface area contributed by atoms with Crippen molar-refractivity contribution in [2.45, 2.75) is 39.0 Å². The second-order valence-electron chi connectivity index (χ2n) is 6.95. The van der Waals surface area contributed by atoms with Crippen molar-refractivity contribution in [3.63, 3.8) is 0 Å². The van der Waals surface area contributed by atoms with Crippen LogP contribution < -0.4 is 10.6 Å². The molecule has 1 aliphatic carbocycles. The zero-order valence-electron chi connectivity index (χ0n) is 14.7. The Morgan fingerprint density at radius 3 is 2.76 bits per heavy atom. The summed E-state index contributed by atoms with van der Waals surface area (Å²) in [5, 5.41) is 6.97. The molecule has 3 rings (SSSR count). The maximum absolute atomic E-state index is 12.5. The molecule has 0 radical (unpaired) electrons. The minimum Gasteiger partial charge on any atom is -0.352 e. The van der Waals surface area contributed by atoms with Crippen molar-refractivity contribution < 1.29 is 4.79 Å². The molecule has 1 saturated carbocycles. The zero-order valence-corrected chi connectivity index (χ0v) is 15.4. The van der Waals surface area contributed by atoms with Gasteiger partial charge in [0.2, 0.25) is 0 Å². The van der Waals surface area contributed by atoms with E-state index in [4.69, 9.17) is 11.6 Å². The lowest BCUT2D eigenvalue weighted by molar-refractivity contribution is 0.0937. The predicted octanol–water partition coefficient (Wildman–Crippen LogP) is 5.13. The number of amides is 1. The van der Waals surface area contributed by atoms with Crippen LogP contribution in [0.25, 0.3) is 0 Å². The van der Waals surface area contributed by atoms with Gasteiger partial charge in [-0.3, -0.25) is 4.79 Å². The summed E-state index contributed by atoms with van der Waals surface area (Å²) < 4.78 is 0. The van der Waals surface area contributed by atoms with Crippen molar-refractivity contribution in [3.05, 3.63) is 52.7 Å². The number of aromatic nitrogens is 1. The average molecular weight is 358 g/mol. The van der Waals surface area contributed by atoms with Crippen LogP contribution in [0.15, 0.2) is 36.5 Å². The van der Waals surface area contributed by atoms with E-state index in [2.05, 4.69) is 29.5 Å². The summed E-state index contributed by atoms with van der Waals surface area (Å²) >= 11 is 6.02. The summed E-state index contributed by atoms with van der Waals surface area (Å²) in [6.07, 6.45) is 5.39. The second kappa shape index (κ2) is 7.87. The number of nitrogens with one attached hydrogen (secondary N) is 2. The first kappa shape index (κ1) is 17.7. The van der Waals surface area contributed by atoms with Crippen LogP contribution >= 0.6 is 11.6 Å². The lowest BCUT2D eigenvalue weighted by Gasteiger charge is -2.25. The largest absolute Gasteiger partial charge is 0.352 e. The molecule has 0 aliphatic heterocycles. The Morgan fingerprint density at radius 2 is 2.12 bits per heavy atom. The zero-order chi connectivity index (χ0) is 17.8. The van der Waals surface area contributed by atoms with Crippen LogP contribution in [0.2, 0.25) is 5.02 Å². The number of carbonyl (C=O) groups excluding carboxylic acids is 1. The van der Waals surface area contributed by atoms with E-state index in [0.29, 0.717) is 22.3 Å². The molecule has 0 spiro atoms. The molecule has 0 bridgehead atoms. The number of carbonyl (C=O) groups is 1. The first-order chi connectivity index (χ1) is 12.0. The van der Waals surface area contributed by atoms with E-state index in [1.54, 1.807) is 6.20 Å². The lowest BCUT2D eigenvalue weighted by atomic mass is 9.85. The first-order valence-electron chi connectivity index (χ1n) is 8.83. The van der Waals surface area contributed by atoms with E-state index in [1.165, 1.54) is 19.3 Å². The van der Waals surface area contributed by atoms with Crippen LogP contribution in [-0.2, 0) is 0 Å². The number of rotatable bonds is 6. The van der Waals surface area contributed by atoms with Crippen molar-refractivity contribution in [1.82, 2.24) is 10.3 Å². The third kappa shape index (κ3) is 4.51. The predicted molar refractivity (Wildman–Crippen MR) is 103 cm³/mol. The van der Waals surface area contributed by atoms with Gasteiger partial charge >= 0.3 is 0 Å². The Bertz CT molecular complexity index is 756. The SMILES string of the molecule is CC(C)c1cc(Nc2cccc(Cl)c2)ncc1C(=O)NCC1CCC1. The van der Waals surface area contributed by atoms with Gasteiger partial charge < -0.3 is 10.6 Å². The van der Waals surface area contributed by atoms with Crippen LogP contribution in [-0.4, -0.2) is 17.4 Å². The molecule has 0 unspecified atom stereocenters. The molecular weight excluding hydrogens is 334 g/mol. The average Bonchev–Trinajstić information content (AvgIpc) is 2.53. The highest BCUT2D eigenvalue weighted by Crippen LogP contribution is 2.27. The topological polar surface area (TPSA) is 54.0 Å². The molecular formula is C20H24ClN3O. The van der Waals surface area contributed by atoms with Crippen LogP contribution in [0.5, 0.6) is 0 Å². The maximum Gasteiger partial charge on any atom is 0.253 e. The summed E-state index contributed by atoms with van der Waals surface area (Å²) in [6, 6.07) is 9.44. The number of hydrogen-bond donors (Lipinski definition) is 2. The monoisotopic (exact) mass is 357 g/mol. The minimum absolute atomic E-state index is 0.0302. The summed E-state index contributed by atoms with van der Waals surface area (Å²) in [5.41, 5.74) is 2.52. The third-order valence-corrected chi connectivity index (χ3v) is 4.91. The molecule has 0 saturated heterocycles. The van der Waals surface area contributed by atoms with E-state index >= 15 is 0 Å². The smallest absolute Gasteiger partial charge is 0.253 e. The normalized spacial score (nSPS) is 14.2. The highest BCUT2D eigenvalue weighted by Gasteiger charge is 2.20. The Hall–Kier alpha value is -2.07. The fourth-order valence-corrected chi connectivity index (χ4v) is 3.14. The molecule has 1 aromatic carbocycles. The highest BCUT2D eigenvalue weighted by atomic mass is 35.5. The summed E-state index contributed by atoms with van der Waals surface area (Å²) in [6.45, 7) is 4.93. The molecule has 1 fully saturated rings. The molecule has 25 heavy (non-hydrogen) atoms. The second-order valence-corrected chi connectivity index (χ2v) is 7.39. The van der Waals surface area contributed by atoms with E-state index in [1.807, 2.05) is 30.3 Å². The van der Waals surface area contributed by atoms with Gasteiger partial charge in [0.1, 0.15) is 5.82 Å². The van der Waals surface area contributed by atoms with Gasteiger partial charge in [-0.05, 0) is 54.5 Å². The fourth-order valence-electron chi connectivity index (χ4n) is 2.95. The Balaban J connectivity index is 1.76. The van der Waals surface area contributed by atoms with Gasteiger partial charge in [-0.25, -0.2) is 4.98 Å². The van der Waals surface area contributed by atoms with Crippen LogP contribution in [0.3, 0.4) is 0 Å². The number of nitrogens with zero attached hydrogens (tertiary/aromatic N) is 1. The van der Waals surface area contributed by atoms with E-state index in [0.717, 1.165) is 17.8 Å². The Morgan fingerprint density at radius 1 is 1.32 bits per heavy atom. The van der Waals surface area contributed by atoms with Crippen molar-refractivity contribution in [3.8, 4) is 0 Å². The summed E-state index contributed by atoms with van der Waals surface area (Å²) in [5.74, 6) is 1.55. The van der Waals surface area contributed by atoms with E-state index in [9.17, 15) is 4.79 Å². The Kier molecular flexibility index (Phi) is 5.59. The van der Waals surface area contributed by atoms with Gasteiger partial charge in [0.05, 0.1) is 5.56 Å². The van der Waals surface area contributed by atoms with Crippen LogP contribution in [0.1, 0.15) is 54.9 Å². The molecule has 132 valence electrons. The molecule has 1 heterocycles. The number of benzene rings is 1. The molecule has 5 heteroatoms. The quantitative estimate of drug-likeness (QED) is 0.753. The van der Waals surface area contributed by atoms with Crippen LogP contribution in [0, 0.1) is 5.92 Å². The molecule has 4 nitrogen and oxygen atoms in total. The summed E-state index contributed by atoms with van der Waals surface area (Å²) in [7, 11) is 0. The molecule has 0 atom stereocenters. The van der Waals surface area contributed by atoms with Gasteiger partial charge in [0.15, 0.2) is 0 Å². The number of halogens is 1. The van der Waals surface area contributed by atoms with Crippen molar-refractivity contribution in [2.75, 3.05) is 11.9 Å². The minimum atomic E-state index is -0.0302. The van der Waals surface area contributed by atoms with Crippen LogP contribution in [0.4, 0.5) is 11.5 Å². The van der Waals surface area contributed by atoms with Crippen molar-refractivity contribution in [2.24, 2.45) is 5.92 Å². The standard InChI is InChI=1S/C20H24ClN3O/c1-13(2)17-10-19(24-16-8-4-7-15(21)9-16)22-12-18(17)20(25)23-11-14-5-3-6-14/h4,7-10,12-14H,3,5-6,11H2,1-2H3,(H,22,24)(H,23,25). The van der Waals surface area contributed by atoms with Gasteiger partial charge in [-0.1, -0.05) is 37.9 Å². The molecule has 1 aliphatic rings. The fraction of sp³-hybridized carbons (Fsp3) is 0.400. The third-order valence-electron chi connectivity index (χ3n) is 4.68. The number of hydrogen-bond acceptors (Lipinski definition) is 3. The Labute approximate surface area is 154 Å². The van der Waals surface area contributed by atoms with Gasteiger partial charge in [-0.15, -0.1) is 0 Å². The number of pyridine rings is 1. The lowest BCUT2D eigenvalue weighted by Crippen LogP contribution is -2.32. The van der Waals surface area contributed by atoms with Crippen molar-refractivity contribution >= 4 is 29.0 Å². The summed E-state index contributed by atoms with van der Waals surface area (Å²) in [4.78, 5) is 17.0. The molecule has 2 aromatic rings. The number of anilines is 2. The molecule has 1 aromatic heterocycles. The van der Waals surface area contributed by atoms with E-state index in [-0.39, 0.29) is 11.8 Å². The molecule has 2 N–H and O–H groups in total. The van der Waals surface area contributed by atoms with Gasteiger partial charge in [0, 0.05) is 23.5 Å². The van der Waals surface area contributed by atoms with Gasteiger partial charge in [-0.2, -0.15) is 0 Å². The maximum atomic E-state index is 12.5. The molecule has 1 amide bonds. The first-order valence-corrected chi connectivity index (χ1v) is 9.21. The van der Waals surface area contributed by atoms with Crippen molar-refractivity contribution in [1.29, 1.82) is 0 Å². The van der Waals surface area contributed by atoms with Gasteiger partial charge in [0.25, 0.3) is 5.91 Å². The highest BCUT2D eigenvalue weighted by molar-refractivity contribution is 6.30.